The van der Waals surface area contributed by atoms with E-state index in [0.717, 1.165) is 18.9 Å². The van der Waals surface area contributed by atoms with Gasteiger partial charge in [-0.3, -0.25) is 0 Å². The molecule has 1 saturated heterocycles. The molecule has 1 aliphatic heterocycles. The van der Waals surface area contributed by atoms with Crippen molar-refractivity contribution in [3.8, 4) is 0 Å². The zero-order valence-corrected chi connectivity index (χ0v) is 13.0. The minimum Gasteiger partial charge on any atom is -0.398 e. The van der Waals surface area contributed by atoms with Crippen molar-refractivity contribution in [1.29, 1.82) is 0 Å². The van der Waals surface area contributed by atoms with Crippen LogP contribution in [0.4, 0.5) is 10.1 Å². The molecule has 106 valence electrons. The maximum Gasteiger partial charge on any atom is 0.246 e. The Balaban J connectivity index is 2.42. The van der Waals surface area contributed by atoms with E-state index in [1.165, 1.54) is 10.4 Å². The van der Waals surface area contributed by atoms with Crippen LogP contribution in [-0.2, 0) is 10.0 Å². The second-order valence-corrected chi connectivity index (χ2v) is 7.68. The molecule has 2 N–H and O–H groups in total. The highest BCUT2D eigenvalue weighted by molar-refractivity contribution is 9.10. The lowest BCUT2D eigenvalue weighted by Crippen LogP contribution is -2.39. The van der Waals surface area contributed by atoms with Gasteiger partial charge in [-0.25, -0.2) is 12.8 Å². The number of piperidine rings is 1. The van der Waals surface area contributed by atoms with Gasteiger partial charge in [-0.05, 0) is 46.8 Å². The van der Waals surface area contributed by atoms with E-state index in [-0.39, 0.29) is 10.6 Å². The van der Waals surface area contributed by atoms with E-state index in [2.05, 4.69) is 15.9 Å². The molecule has 0 amide bonds. The Bertz CT molecular complexity index is 592. The van der Waals surface area contributed by atoms with Crippen LogP contribution in [0.15, 0.2) is 21.5 Å². The van der Waals surface area contributed by atoms with Gasteiger partial charge in [0.2, 0.25) is 10.0 Å². The first kappa shape index (κ1) is 14.7. The van der Waals surface area contributed by atoms with Crippen LogP contribution in [0, 0.1) is 11.7 Å². The van der Waals surface area contributed by atoms with Crippen LogP contribution in [0.5, 0.6) is 0 Å². The van der Waals surface area contributed by atoms with Crippen molar-refractivity contribution >= 4 is 31.6 Å². The highest BCUT2D eigenvalue weighted by atomic mass is 79.9. The summed E-state index contributed by atoms with van der Waals surface area (Å²) in [6.45, 7) is 2.85. The number of hydrogen-bond donors (Lipinski definition) is 1. The third kappa shape index (κ3) is 2.93. The first-order valence-corrected chi connectivity index (χ1v) is 8.30. The maximum atomic E-state index is 13.9. The molecule has 0 aliphatic carbocycles. The number of anilines is 1. The van der Waals surface area contributed by atoms with Gasteiger partial charge in [0, 0.05) is 23.2 Å². The molecule has 7 heteroatoms. The van der Waals surface area contributed by atoms with Crippen molar-refractivity contribution in [2.24, 2.45) is 5.92 Å². The molecule has 19 heavy (non-hydrogen) atoms. The van der Waals surface area contributed by atoms with Gasteiger partial charge in [-0.2, -0.15) is 4.31 Å². The predicted molar refractivity (Wildman–Crippen MR) is 75.7 cm³/mol. The summed E-state index contributed by atoms with van der Waals surface area (Å²) in [5, 5.41) is 0. The second kappa shape index (κ2) is 5.38. The van der Waals surface area contributed by atoms with E-state index < -0.39 is 15.8 Å². The van der Waals surface area contributed by atoms with Crippen molar-refractivity contribution in [3.63, 3.8) is 0 Å². The summed E-state index contributed by atoms with van der Waals surface area (Å²) in [5.74, 6) is -0.487. The van der Waals surface area contributed by atoms with Gasteiger partial charge in [-0.1, -0.05) is 6.92 Å². The number of rotatable bonds is 2. The molecule has 0 radical (unpaired) electrons. The number of nitrogen functional groups attached to an aromatic ring is 1. The highest BCUT2D eigenvalue weighted by Crippen LogP contribution is 2.30. The predicted octanol–water partition coefficient (Wildman–Crippen LogP) is 2.59. The molecule has 1 atom stereocenters. The topological polar surface area (TPSA) is 63.4 Å². The molecule has 4 nitrogen and oxygen atoms in total. The Morgan fingerprint density at radius 3 is 2.79 bits per heavy atom. The van der Waals surface area contributed by atoms with E-state index >= 15 is 0 Å². The standard InChI is InChI=1S/C12H16BrFN2O2S/c1-8-3-2-4-16(7-8)19(17,18)12-6-11(15)9(13)5-10(12)14/h5-6,8H,2-4,7,15H2,1H3. The normalized spacial score (nSPS) is 21.5. The van der Waals surface area contributed by atoms with Crippen molar-refractivity contribution < 1.29 is 12.8 Å². The molecule has 1 fully saturated rings. The zero-order chi connectivity index (χ0) is 14.2. The van der Waals surface area contributed by atoms with Crippen molar-refractivity contribution in [3.05, 3.63) is 22.4 Å². The Hall–Kier alpha value is -0.660. The summed E-state index contributed by atoms with van der Waals surface area (Å²) in [4.78, 5) is -0.345. The van der Waals surface area contributed by atoms with E-state index in [1.54, 1.807) is 0 Å². The van der Waals surface area contributed by atoms with Gasteiger partial charge in [0.05, 0.1) is 0 Å². The lowest BCUT2D eigenvalue weighted by Gasteiger charge is -2.30. The van der Waals surface area contributed by atoms with Gasteiger partial charge in [0.25, 0.3) is 0 Å². The van der Waals surface area contributed by atoms with Crippen LogP contribution in [0.1, 0.15) is 19.8 Å². The van der Waals surface area contributed by atoms with E-state index in [1.807, 2.05) is 6.92 Å². The summed E-state index contributed by atoms with van der Waals surface area (Å²) in [5.41, 5.74) is 5.86. The van der Waals surface area contributed by atoms with Gasteiger partial charge in [0.15, 0.2) is 0 Å². The number of benzene rings is 1. The summed E-state index contributed by atoms with van der Waals surface area (Å²) < 4.78 is 40.4. The lowest BCUT2D eigenvalue weighted by atomic mass is 10.0. The average Bonchev–Trinajstić information content (AvgIpc) is 2.33. The third-order valence-corrected chi connectivity index (χ3v) is 5.86. The number of halogens is 2. The number of sulfonamides is 1. The van der Waals surface area contributed by atoms with Crippen LogP contribution < -0.4 is 5.73 Å². The Kier molecular flexibility index (Phi) is 4.17. The summed E-state index contributed by atoms with van der Waals surface area (Å²) >= 11 is 3.08. The largest absolute Gasteiger partial charge is 0.398 e. The van der Waals surface area contributed by atoms with E-state index in [4.69, 9.17) is 5.73 Å². The highest BCUT2D eigenvalue weighted by Gasteiger charge is 2.31. The minimum atomic E-state index is -3.81. The number of nitrogens with zero attached hydrogens (tertiary/aromatic N) is 1. The smallest absolute Gasteiger partial charge is 0.246 e. The molecule has 1 aromatic rings. The molecule has 2 rings (SSSR count). The monoisotopic (exact) mass is 350 g/mol. The van der Waals surface area contributed by atoms with Crippen LogP contribution in [-0.4, -0.2) is 25.8 Å². The minimum absolute atomic E-state index is 0.213. The van der Waals surface area contributed by atoms with Gasteiger partial charge in [0.1, 0.15) is 10.7 Å². The zero-order valence-electron chi connectivity index (χ0n) is 10.6. The summed E-state index contributed by atoms with van der Waals surface area (Å²) in [6.07, 6.45) is 1.80. The number of nitrogens with two attached hydrogens (primary N) is 1. The van der Waals surface area contributed by atoms with Crippen LogP contribution in [0.3, 0.4) is 0 Å². The molecule has 1 heterocycles. The first-order valence-electron chi connectivity index (χ1n) is 6.07. The molecule has 1 aromatic carbocycles. The van der Waals surface area contributed by atoms with E-state index in [9.17, 15) is 12.8 Å². The Morgan fingerprint density at radius 1 is 1.47 bits per heavy atom. The van der Waals surface area contributed by atoms with Gasteiger partial charge >= 0.3 is 0 Å². The first-order chi connectivity index (χ1) is 8.82. The Morgan fingerprint density at radius 2 is 2.16 bits per heavy atom. The molecular weight excluding hydrogens is 335 g/mol. The SMILES string of the molecule is CC1CCCN(S(=O)(=O)c2cc(N)c(Br)cc2F)C1. The second-order valence-electron chi connectivity index (χ2n) is 4.91. The molecule has 0 spiro atoms. The van der Waals surface area contributed by atoms with Crippen LogP contribution in [0.25, 0.3) is 0 Å². The van der Waals surface area contributed by atoms with Gasteiger partial charge in [-0.15, -0.1) is 0 Å². The van der Waals surface area contributed by atoms with Crippen LogP contribution in [0.2, 0.25) is 0 Å². The Labute approximate surface area is 121 Å². The molecule has 1 aliphatic rings. The quantitative estimate of drug-likeness (QED) is 0.833. The van der Waals surface area contributed by atoms with E-state index in [0.29, 0.717) is 23.5 Å². The fraction of sp³-hybridized carbons (Fsp3) is 0.500. The fourth-order valence-corrected chi connectivity index (χ4v) is 4.24. The maximum absolute atomic E-state index is 13.9. The molecule has 0 bridgehead atoms. The summed E-state index contributed by atoms with van der Waals surface area (Å²) in [6, 6.07) is 2.27. The van der Waals surface area contributed by atoms with Crippen LogP contribution >= 0.6 is 15.9 Å². The van der Waals surface area contributed by atoms with Gasteiger partial charge < -0.3 is 5.73 Å². The molecule has 1 unspecified atom stereocenters. The average molecular weight is 351 g/mol. The third-order valence-electron chi connectivity index (χ3n) is 3.29. The molecule has 0 saturated carbocycles. The molecular formula is C12H16BrFN2O2S. The number of hydrogen-bond acceptors (Lipinski definition) is 3. The lowest BCUT2D eigenvalue weighted by molar-refractivity contribution is 0.280. The fourth-order valence-electron chi connectivity index (χ4n) is 2.25. The van der Waals surface area contributed by atoms with Crippen molar-refractivity contribution in [1.82, 2.24) is 4.31 Å². The van der Waals surface area contributed by atoms with Crippen molar-refractivity contribution in [2.75, 3.05) is 18.8 Å². The molecule has 0 aromatic heterocycles. The summed E-state index contributed by atoms with van der Waals surface area (Å²) in [7, 11) is -3.81. The van der Waals surface area contributed by atoms with Crippen molar-refractivity contribution in [2.45, 2.75) is 24.7 Å².